The highest BCUT2D eigenvalue weighted by molar-refractivity contribution is 8.03. The summed E-state index contributed by atoms with van der Waals surface area (Å²) in [6.45, 7) is 0. The van der Waals surface area contributed by atoms with E-state index in [1.165, 1.54) is 11.8 Å². The number of hydrogen-bond acceptors (Lipinski definition) is 4. The maximum atomic E-state index is 12.3. The number of aliphatic carboxylic acids is 1. The van der Waals surface area contributed by atoms with E-state index < -0.39 is 19.4 Å². The Morgan fingerprint density at radius 1 is 1.04 bits per heavy atom. The lowest BCUT2D eigenvalue weighted by atomic mass is 9.97. The Kier molecular flexibility index (Phi) is 6.46. The van der Waals surface area contributed by atoms with Gasteiger partial charge < -0.3 is 14.8 Å². The van der Waals surface area contributed by atoms with Gasteiger partial charge in [0, 0.05) is 23.0 Å². The lowest BCUT2D eigenvalue weighted by Gasteiger charge is -2.23. The number of benzene rings is 2. The Morgan fingerprint density at radius 2 is 1.61 bits per heavy atom. The first-order valence-corrected chi connectivity index (χ1v) is 10.00. The van der Waals surface area contributed by atoms with Gasteiger partial charge in [0.15, 0.2) is 5.60 Å². The van der Waals surface area contributed by atoms with Crippen molar-refractivity contribution < 1.29 is 19.6 Å². The minimum Gasteiger partial charge on any atom is -0.479 e. The Balaban J connectivity index is 1.98. The summed E-state index contributed by atoms with van der Waals surface area (Å²) in [5.74, 6) is -1.33. The molecule has 0 saturated carbocycles. The van der Waals surface area contributed by atoms with E-state index in [2.05, 4.69) is 0 Å². The Morgan fingerprint density at radius 3 is 2.17 bits per heavy atom. The maximum Gasteiger partial charge on any atom is 0.336 e. The van der Waals surface area contributed by atoms with Crippen LogP contribution in [-0.4, -0.2) is 33.4 Å². The molecule has 0 aromatic heterocycles. The third-order valence-electron chi connectivity index (χ3n) is 3.37. The first-order chi connectivity index (χ1) is 11.0. The standard InChI is InChI=1S/C17H19O4PS/c18-16(19)17(20,11-14-7-3-1-4-8-14)12-22(21)13-23-15-9-5-2-6-10-15/h1-10,20,22H,11-13H2,(H,18,19). The number of carboxylic acids is 1. The van der Waals surface area contributed by atoms with Gasteiger partial charge in [-0.1, -0.05) is 48.5 Å². The lowest BCUT2D eigenvalue weighted by Crippen LogP contribution is -2.43. The molecule has 4 nitrogen and oxygen atoms in total. The first kappa shape index (κ1) is 17.8. The van der Waals surface area contributed by atoms with Gasteiger partial charge in [-0.15, -0.1) is 11.8 Å². The van der Waals surface area contributed by atoms with E-state index in [1.807, 2.05) is 36.4 Å². The number of rotatable bonds is 8. The number of aliphatic hydroxyl groups is 1. The zero-order valence-electron chi connectivity index (χ0n) is 12.5. The third-order valence-corrected chi connectivity index (χ3v) is 6.82. The zero-order valence-corrected chi connectivity index (χ0v) is 14.3. The number of hydrogen-bond donors (Lipinski definition) is 2. The second-order valence-corrected chi connectivity index (χ2v) is 8.66. The molecule has 0 aliphatic rings. The van der Waals surface area contributed by atoms with Crippen LogP contribution in [0.2, 0.25) is 0 Å². The maximum absolute atomic E-state index is 12.3. The van der Waals surface area contributed by atoms with Gasteiger partial charge >= 0.3 is 5.97 Å². The molecule has 122 valence electrons. The quantitative estimate of drug-likeness (QED) is 0.564. The average molecular weight is 350 g/mol. The summed E-state index contributed by atoms with van der Waals surface area (Å²) in [5.41, 5.74) is -0.962. The molecule has 0 aliphatic carbocycles. The first-order valence-electron chi connectivity index (χ1n) is 7.19. The summed E-state index contributed by atoms with van der Waals surface area (Å²) in [7, 11) is -2.23. The van der Waals surface area contributed by atoms with Crippen LogP contribution in [0.3, 0.4) is 0 Å². The fourth-order valence-corrected chi connectivity index (χ4v) is 5.20. The van der Waals surface area contributed by atoms with Gasteiger partial charge in [-0.2, -0.15) is 0 Å². The van der Waals surface area contributed by atoms with Gasteiger partial charge in [-0.05, 0) is 17.7 Å². The molecule has 0 radical (unpaired) electrons. The van der Waals surface area contributed by atoms with Crippen molar-refractivity contribution in [1.82, 2.24) is 0 Å². The van der Waals surface area contributed by atoms with Gasteiger partial charge in [0.1, 0.15) is 0 Å². The van der Waals surface area contributed by atoms with Crippen LogP contribution in [0.1, 0.15) is 5.56 Å². The van der Waals surface area contributed by atoms with E-state index in [0.717, 1.165) is 4.90 Å². The Bertz CT molecular complexity index is 663. The van der Waals surface area contributed by atoms with E-state index in [-0.39, 0.29) is 12.6 Å². The van der Waals surface area contributed by atoms with Crippen molar-refractivity contribution in [3.63, 3.8) is 0 Å². The molecule has 0 bridgehead atoms. The van der Waals surface area contributed by atoms with Gasteiger partial charge in [0.05, 0.1) is 7.80 Å². The van der Waals surface area contributed by atoms with Crippen LogP contribution >= 0.6 is 19.6 Å². The van der Waals surface area contributed by atoms with Crippen LogP contribution in [0.4, 0.5) is 0 Å². The van der Waals surface area contributed by atoms with Crippen molar-refractivity contribution in [2.75, 3.05) is 11.7 Å². The molecule has 2 N–H and O–H groups in total. The third kappa shape index (κ3) is 5.54. The van der Waals surface area contributed by atoms with Crippen LogP contribution in [0.5, 0.6) is 0 Å². The monoisotopic (exact) mass is 350 g/mol. The summed E-state index contributed by atoms with van der Waals surface area (Å²) in [6, 6.07) is 18.4. The van der Waals surface area contributed by atoms with Gasteiger partial charge in [0.25, 0.3) is 0 Å². The summed E-state index contributed by atoms with van der Waals surface area (Å²) in [6.07, 6.45) is -0.267. The molecule has 2 aromatic carbocycles. The summed E-state index contributed by atoms with van der Waals surface area (Å²) in [5, 5.41) is 19.8. The van der Waals surface area contributed by atoms with E-state index in [1.54, 1.807) is 24.3 Å². The Hall–Kier alpha value is -1.55. The highest BCUT2D eigenvalue weighted by Crippen LogP contribution is 2.35. The largest absolute Gasteiger partial charge is 0.479 e. The zero-order chi connectivity index (χ0) is 16.7. The smallest absolute Gasteiger partial charge is 0.336 e. The molecular weight excluding hydrogens is 331 g/mol. The molecule has 0 aliphatic heterocycles. The second-order valence-electron chi connectivity index (χ2n) is 5.32. The van der Waals surface area contributed by atoms with Crippen LogP contribution in [-0.2, 0) is 15.8 Å². The topological polar surface area (TPSA) is 74.6 Å². The molecular formula is C17H19O4PS. The van der Waals surface area contributed by atoms with Crippen molar-refractivity contribution in [2.24, 2.45) is 0 Å². The van der Waals surface area contributed by atoms with Crippen LogP contribution in [0.15, 0.2) is 65.6 Å². The highest BCUT2D eigenvalue weighted by Gasteiger charge is 2.37. The molecule has 0 spiro atoms. The molecule has 2 atom stereocenters. The number of thioether (sulfide) groups is 1. The SMILES string of the molecule is O=C(O)C(O)(Cc1ccccc1)C[PH](=O)CSc1ccccc1. The van der Waals surface area contributed by atoms with Crippen LogP contribution < -0.4 is 0 Å². The molecule has 0 heterocycles. The van der Waals surface area contributed by atoms with Crippen molar-refractivity contribution in [2.45, 2.75) is 16.9 Å². The van der Waals surface area contributed by atoms with E-state index in [4.69, 9.17) is 0 Å². The van der Waals surface area contributed by atoms with Crippen molar-refractivity contribution in [3.05, 3.63) is 66.2 Å². The molecule has 23 heavy (non-hydrogen) atoms. The van der Waals surface area contributed by atoms with Crippen molar-refractivity contribution in [1.29, 1.82) is 0 Å². The van der Waals surface area contributed by atoms with E-state index in [9.17, 15) is 19.6 Å². The second kappa shape index (κ2) is 8.34. The van der Waals surface area contributed by atoms with E-state index >= 15 is 0 Å². The molecule has 0 saturated heterocycles. The summed E-state index contributed by atoms with van der Waals surface area (Å²) < 4.78 is 12.3. The molecule has 2 aromatic rings. The average Bonchev–Trinajstić information content (AvgIpc) is 2.54. The van der Waals surface area contributed by atoms with Crippen molar-refractivity contribution >= 4 is 25.5 Å². The molecule has 2 unspecified atom stereocenters. The molecule has 6 heteroatoms. The highest BCUT2D eigenvalue weighted by atomic mass is 32.2. The fraction of sp³-hybridized carbons (Fsp3) is 0.235. The van der Waals surface area contributed by atoms with Crippen LogP contribution in [0.25, 0.3) is 0 Å². The number of carbonyl (C=O) groups is 1. The van der Waals surface area contributed by atoms with Gasteiger partial charge in [-0.3, -0.25) is 0 Å². The van der Waals surface area contributed by atoms with Gasteiger partial charge in [0.2, 0.25) is 0 Å². The predicted molar refractivity (Wildman–Crippen MR) is 93.8 cm³/mol. The minimum absolute atomic E-state index is 0.0460. The molecule has 0 fully saturated rings. The van der Waals surface area contributed by atoms with Crippen molar-refractivity contribution in [3.8, 4) is 0 Å². The summed E-state index contributed by atoms with van der Waals surface area (Å²) in [4.78, 5) is 12.4. The summed E-state index contributed by atoms with van der Waals surface area (Å²) >= 11 is 1.42. The normalized spacial score (nSPS) is 14.8. The van der Waals surface area contributed by atoms with E-state index in [0.29, 0.717) is 11.1 Å². The predicted octanol–water partition coefficient (Wildman–Crippen LogP) is 3.35. The molecule has 0 amide bonds. The molecule has 2 rings (SSSR count). The fourth-order valence-electron chi connectivity index (χ4n) is 2.21. The Labute approximate surface area is 140 Å². The van der Waals surface area contributed by atoms with Gasteiger partial charge in [-0.25, -0.2) is 4.79 Å². The lowest BCUT2D eigenvalue weighted by molar-refractivity contribution is -0.155. The minimum atomic E-state index is -2.23. The van der Waals surface area contributed by atoms with Crippen LogP contribution in [0, 0.1) is 0 Å². The number of carboxylic acid groups (broad SMARTS) is 1.